The van der Waals surface area contributed by atoms with Crippen molar-refractivity contribution in [2.75, 3.05) is 7.11 Å². The van der Waals surface area contributed by atoms with Gasteiger partial charge in [0.05, 0.1) is 12.7 Å². The van der Waals surface area contributed by atoms with Gasteiger partial charge in [0, 0.05) is 10.0 Å². The minimum atomic E-state index is -0.421. The van der Waals surface area contributed by atoms with Crippen LogP contribution in [0.15, 0.2) is 54.1 Å². The lowest BCUT2D eigenvalue weighted by atomic mass is 10.0. The molecule has 0 amide bonds. The van der Waals surface area contributed by atoms with Crippen molar-refractivity contribution in [2.45, 2.75) is 27.2 Å². The third kappa shape index (κ3) is 4.50. The van der Waals surface area contributed by atoms with Crippen molar-refractivity contribution in [3.8, 4) is 0 Å². The molecule has 2 aromatic rings. The van der Waals surface area contributed by atoms with Crippen LogP contribution in [0.4, 0.5) is 4.39 Å². The molecule has 0 aliphatic carbocycles. The number of benzene rings is 2. The summed E-state index contributed by atoms with van der Waals surface area (Å²) in [6, 6.07) is 12.0. The molecular weight excluding hydrogens is 395 g/mol. The molecule has 0 aromatic heterocycles. The van der Waals surface area contributed by atoms with E-state index >= 15 is 0 Å². The van der Waals surface area contributed by atoms with Gasteiger partial charge in [-0.2, -0.15) is 0 Å². The first-order chi connectivity index (χ1) is 12.4. The molecule has 0 unspecified atom stereocenters. The first-order valence-electron chi connectivity index (χ1n) is 8.40. The summed E-state index contributed by atoms with van der Waals surface area (Å²) in [7, 11) is 1.35. The predicted octanol–water partition coefficient (Wildman–Crippen LogP) is 4.69. The average molecular weight is 417 g/mol. The average Bonchev–Trinajstić information content (AvgIpc) is 2.66. The van der Waals surface area contributed by atoms with Crippen LogP contribution < -0.4 is 10.4 Å². The smallest absolute Gasteiger partial charge is 0.337 e. The summed E-state index contributed by atoms with van der Waals surface area (Å²) < 4.78 is 20.0. The Kier molecular flexibility index (Phi) is 6.92. The fourth-order valence-electron chi connectivity index (χ4n) is 2.61. The summed E-state index contributed by atoms with van der Waals surface area (Å²) in [5.41, 5.74) is 2.90. The Labute approximate surface area is 161 Å². The number of hydrogen-bond donors (Lipinski definition) is 0. The normalized spacial score (nSPS) is 14.0. The molecule has 0 spiro atoms. The molecule has 2 aromatic carbocycles. The number of ether oxygens (including phenoxy) is 1. The monoisotopic (exact) mass is 416 g/mol. The van der Waals surface area contributed by atoms with Crippen LogP contribution in [0.25, 0.3) is 10.1 Å². The Hall–Kier alpha value is -2.20. The molecule has 0 radical (unpaired) electrons. The van der Waals surface area contributed by atoms with E-state index in [1.165, 1.54) is 18.7 Å². The Bertz CT molecular complexity index is 974. The van der Waals surface area contributed by atoms with E-state index in [-0.39, 0.29) is 5.82 Å². The summed E-state index contributed by atoms with van der Waals surface area (Å²) in [6.07, 6.45) is 2.98. The van der Waals surface area contributed by atoms with Crippen molar-refractivity contribution in [3.63, 3.8) is 0 Å². The van der Waals surface area contributed by atoms with Gasteiger partial charge in [-0.25, -0.2) is 9.18 Å². The summed E-state index contributed by atoms with van der Waals surface area (Å²) in [5.74, 6) is -0.716. The van der Waals surface area contributed by atoms with E-state index in [9.17, 15) is 9.18 Å². The summed E-state index contributed by atoms with van der Waals surface area (Å²) in [5, 5.41) is 1.68. The van der Waals surface area contributed by atoms with Crippen LogP contribution >= 0.6 is 15.9 Å². The molecule has 4 heteroatoms. The number of carbonyl (C=O) groups excluding carboxylic acids is 1. The number of allylic oxidation sites excluding steroid dienone is 2. The molecule has 0 saturated carbocycles. The van der Waals surface area contributed by atoms with Crippen molar-refractivity contribution in [1.29, 1.82) is 0 Å². The van der Waals surface area contributed by atoms with E-state index in [1.807, 2.05) is 19.1 Å². The highest BCUT2D eigenvalue weighted by atomic mass is 79.9. The number of esters is 1. The van der Waals surface area contributed by atoms with E-state index in [0.717, 1.165) is 26.9 Å². The SMILES string of the molecule is CC/C(C)=C/C(Br)=c1/ccc(C(=O)OC)c/c1=C(/C)c1ccccc1F. The molecule has 0 saturated heterocycles. The van der Waals surface area contributed by atoms with Crippen LogP contribution in [0.2, 0.25) is 0 Å². The highest BCUT2D eigenvalue weighted by Gasteiger charge is 2.09. The van der Waals surface area contributed by atoms with Crippen LogP contribution in [-0.2, 0) is 4.74 Å². The van der Waals surface area contributed by atoms with Crippen LogP contribution in [0.5, 0.6) is 0 Å². The van der Waals surface area contributed by atoms with Gasteiger partial charge < -0.3 is 4.74 Å². The van der Waals surface area contributed by atoms with E-state index in [1.54, 1.807) is 30.3 Å². The van der Waals surface area contributed by atoms with Gasteiger partial charge in [-0.05, 0) is 60.6 Å². The molecule has 0 atom stereocenters. The Morgan fingerprint density at radius 2 is 1.85 bits per heavy atom. The third-order valence-electron chi connectivity index (χ3n) is 4.31. The maximum Gasteiger partial charge on any atom is 0.337 e. The molecule has 0 N–H and O–H groups in total. The summed E-state index contributed by atoms with van der Waals surface area (Å²) in [6.45, 7) is 6.00. The lowest BCUT2D eigenvalue weighted by Gasteiger charge is -2.07. The lowest BCUT2D eigenvalue weighted by Crippen LogP contribution is -2.29. The van der Waals surface area contributed by atoms with Gasteiger partial charge >= 0.3 is 5.97 Å². The highest BCUT2D eigenvalue weighted by molar-refractivity contribution is 9.15. The van der Waals surface area contributed by atoms with Gasteiger partial charge in [0.15, 0.2) is 0 Å². The zero-order chi connectivity index (χ0) is 19.3. The summed E-state index contributed by atoms with van der Waals surface area (Å²) >= 11 is 3.63. The standard InChI is InChI=1S/C22H22BrFO2/c1-5-14(2)12-20(23)18-11-10-16(22(25)26-4)13-19(18)15(3)17-8-6-7-9-21(17)24/h6-13H,5H2,1-4H3/b14-12+,19-15+,20-18+. The molecule has 0 aliphatic heterocycles. The number of methoxy groups -OCH3 is 1. The number of carbonyl (C=O) groups is 1. The molecular formula is C22H22BrFO2. The second-order valence-electron chi connectivity index (χ2n) is 6.05. The Balaban J connectivity index is 2.92. The fraction of sp³-hybridized carbons (Fsp3) is 0.227. The maximum atomic E-state index is 14.3. The van der Waals surface area contributed by atoms with Gasteiger partial charge in [0.1, 0.15) is 5.82 Å². The zero-order valence-electron chi connectivity index (χ0n) is 15.4. The molecule has 0 aliphatic rings. The lowest BCUT2D eigenvalue weighted by molar-refractivity contribution is 0.0600. The van der Waals surface area contributed by atoms with Crippen molar-refractivity contribution < 1.29 is 13.9 Å². The first-order valence-corrected chi connectivity index (χ1v) is 9.19. The van der Waals surface area contributed by atoms with E-state index in [4.69, 9.17) is 4.74 Å². The number of rotatable bonds is 4. The quantitative estimate of drug-likeness (QED) is 0.675. The number of hydrogen-bond acceptors (Lipinski definition) is 2. The zero-order valence-corrected chi connectivity index (χ0v) is 17.0. The second kappa shape index (κ2) is 8.95. The van der Waals surface area contributed by atoms with Gasteiger partial charge in [0.2, 0.25) is 0 Å². The van der Waals surface area contributed by atoms with Gasteiger partial charge in [-0.3, -0.25) is 0 Å². The Morgan fingerprint density at radius 1 is 1.15 bits per heavy atom. The minimum Gasteiger partial charge on any atom is -0.465 e. The Morgan fingerprint density at radius 3 is 2.46 bits per heavy atom. The predicted molar refractivity (Wildman–Crippen MR) is 108 cm³/mol. The van der Waals surface area contributed by atoms with Crippen molar-refractivity contribution in [3.05, 3.63) is 81.5 Å². The van der Waals surface area contributed by atoms with Gasteiger partial charge in [-0.15, -0.1) is 0 Å². The molecule has 0 bridgehead atoms. The molecule has 2 nitrogen and oxygen atoms in total. The van der Waals surface area contributed by atoms with Crippen LogP contribution in [-0.4, -0.2) is 13.1 Å². The van der Waals surface area contributed by atoms with Crippen molar-refractivity contribution >= 4 is 32.0 Å². The summed E-state index contributed by atoms with van der Waals surface area (Å²) in [4.78, 5) is 12.0. The number of halogens is 2. The third-order valence-corrected chi connectivity index (χ3v) is 4.97. The molecule has 26 heavy (non-hydrogen) atoms. The van der Waals surface area contributed by atoms with Gasteiger partial charge in [0.25, 0.3) is 0 Å². The topological polar surface area (TPSA) is 26.3 Å². The van der Waals surface area contributed by atoms with Gasteiger partial charge in [-0.1, -0.05) is 52.7 Å². The first kappa shape index (κ1) is 20.1. The van der Waals surface area contributed by atoms with Crippen LogP contribution in [0.3, 0.4) is 0 Å². The minimum absolute atomic E-state index is 0.296. The van der Waals surface area contributed by atoms with E-state index in [0.29, 0.717) is 11.1 Å². The van der Waals surface area contributed by atoms with Crippen LogP contribution in [0.1, 0.15) is 43.1 Å². The fourth-order valence-corrected chi connectivity index (χ4v) is 3.35. The maximum absolute atomic E-state index is 14.3. The second-order valence-corrected chi connectivity index (χ2v) is 6.90. The van der Waals surface area contributed by atoms with Crippen LogP contribution in [0, 0.1) is 5.82 Å². The molecule has 0 fully saturated rings. The molecule has 0 heterocycles. The highest BCUT2D eigenvalue weighted by Crippen LogP contribution is 2.16. The molecule has 2 rings (SSSR count). The van der Waals surface area contributed by atoms with E-state index in [2.05, 4.69) is 29.8 Å². The van der Waals surface area contributed by atoms with Crippen molar-refractivity contribution in [2.24, 2.45) is 0 Å². The van der Waals surface area contributed by atoms with E-state index < -0.39 is 5.97 Å². The largest absolute Gasteiger partial charge is 0.465 e. The van der Waals surface area contributed by atoms with Crippen molar-refractivity contribution in [1.82, 2.24) is 0 Å². The molecule has 136 valence electrons.